The van der Waals surface area contributed by atoms with E-state index in [-0.39, 0.29) is 0 Å². The largest absolute Gasteiger partial charge is 0.313 e. The molecule has 114 valence electrons. The molecule has 2 heterocycles. The standard InChI is InChI=1S/C17H26N4/c1-4-9-18-16(12-15-8-6-7-10-19-15)13-17-11-14(3)20-21(17)5-2/h6-8,10-11,16,18H,4-5,9,12-13H2,1-3H3. The molecule has 2 rings (SSSR count). The molecular weight excluding hydrogens is 260 g/mol. The molecule has 1 N–H and O–H groups in total. The molecule has 21 heavy (non-hydrogen) atoms. The molecule has 0 aromatic carbocycles. The molecule has 1 atom stereocenters. The quantitative estimate of drug-likeness (QED) is 0.811. The van der Waals surface area contributed by atoms with Gasteiger partial charge in [0.15, 0.2) is 0 Å². The Morgan fingerprint density at radius 2 is 2.10 bits per heavy atom. The van der Waals surface area contributed by atoms with E-state index in [1.165, 1.54) is 5.69 Å². The lowest BCUT2D eigenvalue weighted by Gasteiger charge is -2.18. The fourth-order valence-corrected chi connectivity index (χ4v) is 2.63. The van der Waals surface area contributed by atoms with E-state index in [2.05, 4.69) is 59.1 Å². The monoisotopic (exact) mass is 286 g/mol. The van der Waals surface area contributed by atoms with Crippen molar-refractivity contribution in [2.75, 3.05) is 6.54 Å². The van der Waals surface area contributed by atoms with Crippen LogP contribution in [-0.2, 0) is 19.4 Å². The molecule has 0 saturated heterocycles. The summed E-state index contributed by atoms with van der Waals surface area (Å²) in [5, 5.41) is 8.19. The molecule has 4 heteroatoms. The van der Waals surface area contributed by atoms with Crippen molar-refractivity contribution < 1.29 is 0 Å². The third-order valence-corrected chi connectivity index (χ3v) is 3.61. The summed E-state index contributed by atoms with van der Waals surface area (Å²) in [5.74, 6) is 0. The van der Waals surface area contributed by atoms with Gasteiger partial charge in [0.2, 0.25) is 0 Å². The highest BCUT2D eigenvalue weighted by molar-refractivity contribution is 5.12. The predicted molar refractivity (Wildman–Crippen MR) is 86.4 cm³/mol. The number of rotatable bonds is 8. The van der Waals surface area contributed by atoms with Crippen LogP contribution in [0.1, 0.15) is 37.4 Å². The van der Waals surface area contributed by atoms with Crippen LogP contribution in [0.25, 0.3) is 0 Å². The van der Waals surface area contributed by atoms with Crippen molar-refractivity contribution in [3.63, 3.8) is 0 Å². The highest BCUT2D eigenvalue weighted by atomic mass is 15.3. The predicted octanol–water partition coefficient (Wildman–Crippen LogP) is 2.76. The van der Waals surface area contributed by atoms with E-state index in [9.17, 15) is 0 Å². The summed E-state index contributed by atoms with van der Waals surface area (Å²) in [6.07, 6.45) is 4.96. The molecule has 0 aliphatic carbocycles. The minimum absolute atomic E-state index is 0.404. The molecule has 2 aromatic heterocycles. The van der Waals surface area contributed by atoms with Crippen LogP contribution >= 0.6 is 0 Å². The molecule has 0 aliphatic rings. The van der Waals surface area contributed by atoms with Gasteiger partial charge in [-0.15, -0.1) is 0 Å². The van der Waals surface area contributed by atoms with E-state index in [0.717, 1.165) is 43.7 Å². The highest BCUT2D eigenvalue weighted by Gasteiger charge is 2.14. The van der Waals surface area contributed by atoms with Gasteiger partial charge in [-0.2, -0.15) is 5.10 Å². The van der Waals surface area contributed by atoms with Crippen LogP contribution in [0, 0.1) is 6.92 Å². The number of aryl methyl sites for hydroxylation is 2. The smallest absolute Gasteiger partial charge is 0.0596 e. The maximum absolute atomic E-state index is 4.54. The van der Waals surface area contributed by atoms with Crippen molar-refractivity contribution in [3.05, 3.63) is 47.5 Å². The van der Waals surface area contributed by atoms with Gasteiger partial charge in [0, 0.05) is 43.0 Å². The Hall–Kier alpha value is -1.68. The molecule has 0 saturated carbocycles. The van der Waals surface area contributed by atoms with Gasteiger partial charge < -0.3 is 5.32 Å². The maximum atomic E-state index is 4.54. The maximum Gasteiger partial charge on any atom is 0.0596 e. The SMILES string of the molecule is CCCNC(Cc1ccccn1)Cc1cc(C)nn1CC. The second-order valence-corrected chi connectivity index (χ2v) is 5.47. The average Bonchev–Trinajstić information content (AvgIpc) is 2.85. The molecule has 0 aliphatic heterocycles. The summed E-state index contributed by atoms with van der Waals surface area (Å²) in [5.41, 5.74) is 3.55. The Labute approximate surface area is 127 Å². The van der Waals surface area contributed by atoms with Crippen LogP contribution in [0.5, 0.6) is 0 Å². The molecule has 0 bridgehead atoms. The summed E-state index contributed by atoms with van der Waals surface area (Å²) in [6, 6.07) is 8.72. The summed E-state index contributed by atoms with van der Waals surface area (Å²) in [6.45, 7) is 8.36. The molecule has 0 radical (unpaired) electrons. The molecule has 4 nitrogen and oxygen atoms in total. The third-order valence-electron chi connectivity index (χ3n) is 3.61. The minimum Gasteiger partial charge on any atom is -0.313 e. The van der Waals surface area contributed by atoms with Crippen LogP contribution in [0.3, 0.4) is 0 Å². The van der Waals surface area contributed by atoms with Crippen LogP contribution in [0.15, 0.2) is 30.5 Å². The number of nitrogens with zero attached hydrogens (tertiary/aromatic N) is 3. The average molecular weight is 286 g/mol. The van der Waals surface area contributed by atoms with Crippen molar-refractivity contribution in [1.82, 2.24) is 20.1 Å². The van der Waals surface area contributed by atoms with Gasteiger partial charge in [0.1, 0.15) is 0 Å². The second-order valence-electron chi connectivity index (χ2n) is 5.47. The van der Waals surface area contributed by atoms with Crippen LogP contribution < -0.4 is 5.32 Å². The Bertz CT molecular complexity index is 533. The Morgan fingerprint density at radius 1 is 1.24 bits per heavy atom. The molecule has 2 aromatic rings. The lowest BCUT2D eigenvalue weighted by Crippen LogP contribution is -2.34. The van der Waals surface area contributed by atoms with Crippen molar-refractivity contribution >= 4 is 0 Å². The fourth-order valence-electron chi connectivity index (χ4n) is 2.63. The molecule has 0 amide bonds. The van der Waals surface area contributed by atoms with Crippen molar-refractivity contribution in [3.8, 4) is 0 Å². The van der Waals surface area contributed by atoms with E-state index < -0.39 is 0 Å². The summed E-state index contributed by atoms with van der Waals surface area (Å²) in [4.78, 5) is 4.45. The molecule has 0 spiro atoms. The topological polar surface area (TPSA) is 42.7 Å². The Balaban J connectivity index is 2.08. The van der Waals surface area contributed by atoms with Crippen molar-refractivity contribution in [2.45, 2.75) is 52.6 Å². The van der Waals surface area contributed by atoms with E-state index in [1.54, 1.807) is 0 Å². The van der Waals surface area contributed by atoms with Crippen LogP contribution in [0.4, 0.5) is 0 Å². The first kappa shape index (κ1) is 15.7. The van der Waals surface area contributed by atoms with Gasteiger partial charge in [-0.05, 0) is 45.0 Å². The van der Waals surface area contributed by atoms with E-state index >= 15 is 0 Å². The number of hydrogen-bond donors (Lipinski definition) is 1. The minimum atomic E-state index is 0.404. The lowest BCUT2D eigenvalue weighted by molar-refractivity contribution is 0.480. The first-order chi connectivity index (χ1) is 10.2. The highest BCUT2D eigenvalue weighted by Crippen LogP contribution is 2.10. The van der Waals surface area contributed by atoms with Gasteiger partial charge >= 0.3 is 0 Å². The van der Waals surface area contributed by atoms with Crippen molar-refractivity contribution in [1.29, 1.82) is 0 Å². The number of aromatic nitrogens is 3. The molecule has 1 unspecified atom stereocenters. The van der Waals surface area contributed by atoms with Gasteiger partial charge in [-0.3, -0.25) is 9.67 Å². The third kappa shape index (κ3) is 4.67. The summed E-state index contributed by atoms with van der Waals surface area (Å²) in [7, 11) is 0. The van der Waals surface area contributed by atoms with Gasteiger partial charge in [0.25, 0.3) is 0 Å². The normalized spacial score (nSPS) is 12.5. The zero-order valence-corrected chi connectivity index (χ0v) is 13.3. The Kier molecular flexibility index (Phi) is 5.93. The zero-order chi connectivity index (χ0) is 15.1. The number of hydrogen-bond acceptors (Lipinski definition) is 3. The van der Waals surface area contributed by atoms with Crippen molar-refractivity contribution in [2.24, 2.45) is 0 Å². The molecule has 0 fully saturated rings. The van der Waals surface area contributed by atoms with E-state index in [1.807, 2.05) is 12.3 Å². The Morgan fingerprint density at radius 3 is 2.76 bits per heavy atom. The van der Waals surface area contributed by atoms with E-state index in [0.29, 0.717) is 6.04 Å². The summed E-state index contributed by atoms with van der Waals surface area (Å²) >= 11 is 0. The first-order valence-corrected chi connectivity index (χ1v) is 7.89. The van der Waals surface area contributed by atoms with Gasteiger partial charge in [-0.1, -0.05) is 13.0 Å². The number of pyridine rings is 1. The summed E-state index contributed by atoms with van der Waals surface area (Å²) < 4.78 is 2.11. The lowest BCUT2D eigenvalue weighted by atomic mass is 10.0. The van der Waals surface area contributed by atoms with Crippen LogP contribution in [-0.4, -0.2) is 27.4 Å². The van der Waals surface area contributed by atoms with Gasteiger partial charge in [0.05, 0.1) is 5.69 Å². The van der Waals surface area contributed by atoms with E-state index in [4.69, 9.17) is 0 Å². The van der Waals surface area contributed by atoms with Gasteiger partial charge in [-0.25, -0.2) is 0 Å². The second kappa shape index (κ2) is 7.93. The fraction of sp³-hybridized carbons (Fsp3) is 0.529. The number of nitrogens with one attached hydrogen (secondary N) is 1. The zero-order valence-electron chi connectivity index (χ0n) is 13.3. The molecular formula is C17H26N4. The van der Waals surface area contributed by atoms with Crippen LogP contribution in [0.2, 0.25) is 0 Å². The first-order valence-electron chi connectivity index (χ1n) is 7.89.